The van der Waals surface area contributed by atoms with Crippen molar-refractivity contribution in [1.29, 1.82) is 0 Å². The second kappa shape index (κ2) is 6.91. The van der Waals surface area contributed by atoms with E-state index in [1.807, 2.05) is 6.92 Å². The molecule has 2 rings (SSSR count). The lowest BCUT2D eigenvalue weighted by Crippen LogP contribution is -2.15. The first kappa shape index (κ1) is 15.1. The molecular formula is C16H28N4. The molecule has 0 aliphatic heterocycles. The van der Waals surface area contributed by atoms with Gasteiger partial charge in [-0.25, -0.2) is 9.97 Å². The van der Waals surface area contributed by atoms with Gasteiger partial charge in [-0.3, -0.25) is 0 Å². The molecule has 0 spiro atoms. The number of anilines is 2. The highest BCUT2D eigenvalue weighted by atomic mass is 15.1. The molecular weight excluding hydrogens is 248 g/mol. The number of nitrogens with zero attached hydrogens (tertiary/aromatic N) is 2. The molecule has 20 heavy (non-hydrogen) atoms. The summed E-state index contributed by atoms with van der Waals surface area (Å²) >= 11 is 0. The van der Waals surface area contributed by atoms with Crippen molar-refractivity contribution in [3.05, 3.63) is 11.4 Å². The summed E-state index contributed by atoms with van der Waals surface area (Å²) < 4.78 is 0. The highest BCUT2D eigenvalue weighted by Gasteiger charge is 2.21. The molecule has 1 aliphatic carbocycles. The van der Waals surface area contributed by atoms with Gasteiger partial charge in [0.25, 0.3) is 0 Å². The van der Waals surface area contributed by atoms with Crippen molar-refractivity contribution in [2.24, 2.45) is 11.8 Å². The Kier molecular flexibility index (Phi) is 5.21. The van der Waals surface area contributed by atoms with Crippen LogP contribution in [0, 0.1) is 25.7 Å². The van der Waals surface area contributed by atoms with Gasteiger partial charge in [-0.05, 0) is 44.9 Å². The summed E-state index contributed by atoms with van der Waals surface area (Å²) in [4.78, 5) is 9.06. The van der Waals surface area contributed by atoms with Crippen LogP contribution in [-0.2, 0) is 0 Å². The van der Waals surface area contributed by atoms with Crippen LogP contribution in [0.25, 0.3) is 0 Å². The molecule has 4 nitrogen and oxygen atoms in total. The Balaban J connectivity index is 2.01. The Morgan fingerprint density at radius 2 is 1.80 bits per heavy atom. The lowest BCUT2D eigenvalue weighted by Gasteiger charge is -2.16. The average molecular weight is 276 g/mol. The highest BCUT2D eigenvalue weighted by Crippen LogP contribution is 2.30. The van der Waals surface area contributed by atoms with Crippen LogP contribution in [0.3, 0.4) is 0 Å². The predicted octanol–water partition coefficient (Wildman–Crippen LogP) is 3.76. The first-order valence-corrected chi connectivity index (χ1v) is 7.93. The summed E-state index contributed by atoms with van der Waals surface area (Å²) in [6, 6.07) is 0. The fraction of sp³-hybridized carbons (Fsp3) is 0.750. The number of aromatic nitrogens is 2. The third kappa shape index (κ3) is 3.84. The maximum Gasteiger partial charge on any atom is 0.134 e. The molecule has 0 aromatic carbocycles. The summed E-state index contributed by atoms with van der Waals surface area (Å²) in [5.41, 5.74) is 1.13. The van der Waals surface area contributed by atoms with Crippen molar-refractivity contribution in [2.75, 3.05) is 23.7 Å². The van der Waals surface area contributed by atoms with E-state index in [4.69, 9.17) is 0 Å². The summed E-state index contributed by atoms with van der Waals surface area (Å²) in [6.07, 6.45) is 5.16. The minimum atomic E-state index is 0.798. The average Bonchev–Trinajstić information content (AvgIpc) is 2.83. The summed E-state index contributed by atoms with van der Waals surface area (Å²) in [6.45, 7) is 10.6. The molecule has 1 aliphatic rings. The topological polar surface area (TPSA) is 49.8 Å². The van der Waals surface area contributed by atoms with E-state index in [9.17, 15) is 0 Å². The van der Waals surface area contributed by atoms with Crippen LogP contribution >= 0.6 is 0 Å². The summed E-state index contributed by atoms with van der Waals surface area (Å²) in [5.74, 6) is 4.48. The van der Waals surface area contributed by atoms with Gasteiger partial charge in [-0.2, -0.15) is 0 Å². The van der Waals surface area contributed by atoms with Gasteiger partial charge >= 0.3 is 0 Å². The summed E-state index contributed by atoms with van der Waals surface area (Å²) in [5, 5.41) is 6.93. The van der Waals surface area contributed by atoms with Gasteiger partial charge in [0.05, 0.1) is 0 Å². The van der Waals surface area contributed by atoms with Crippen LogP contribution in [0.4, 0.5) is 11.6 Å². The number of hydrogen-bond acceptors (Lipinski definition) is 4. The smallest absolute Gasteiger partial charge is 0.134 e. The van der Waals surface area contributed by atoms with Gasteiger partial charge in [0, 0.05) is 18.7 Å². The van der Waals surface area contributed by atoms with Crippen LogP contribution < -0.4 is 10.6 Å². The van der Waals surface area contributed by atoms with Crippen molar-refractivity contribution in [3.8, 4) is 0 Å². The molecule has 1 heterocycles. The first-order chi connectivity index (χ1) is 9.60. The quantitative estimate of drug-likeness (QED) is 0.830. The van der Waals surface area contributed by atoms with E-state index in [-0.39, 0.29) is 0 Å². The summed E-state index contributed by atoms with van der Waals surface area (Å²) in [7, 11) is 0. The van der Waals surface area contributed by atoms with Crippen molar-refractivity contribution >= 4 is 11.6 Å². The molecule has 0 amide bonds. The number of aryl methyl sites for hydroxylation is 1. The van der Waals surface area contributed by atoms with E-state index < -0.39 is 0 Å². The molecule has 0 saturated heterocycles. The number of hydrogen-bond donors (Lipinski definition) is 2. The normalized spacial score (nSPS) is 22.0. The SMILES string of the molecule is CCCNc1nc(C)nc(NCC2CCC(C)C2)c1C. The zero-order valence-electron chi connectivity index (χ0n) is 13.3. The van der Waals surface area contributed by atoms with Gasteiger partial charge in [0.15, 0.2) is 0 Å². The molecule has 1 saturated carbocycles. The molecule has 2 N–H and O–H groups in total. The molecule has 0 radical (unpaired) electrons. The van der Waals surface area contributed by atoms with Crippen molar-refractivity contribution in [1.82, 2.24) is 9.97 Å². The largest absolute Gasteiger partial charge is 0.370 e. The minimum absolute atomic E-state index is 0.798. The van der Waals surface area contributed by atoms with Gasteiger partial charge in [-0.1, -0.05) is 20.3 Å². The fourth-order valence-electron chi connectivity index (χ4n) is 2.97. The molecule has 0 bridgehead atoms. The Bertz CT molecular complexity index is 444. The molecule has 2 atom stereocenters. The lowest BCUT2D eigenvalue weighted by molar-refractivity contribution is 0.536. The van der Waals surface area contributed by atoms with E-state index >= 15 is 0 Å². The monoisotopic (exact) mass is 276 g/mol. The molecule has 4 heteroatoms. The molecule has 1 aromatic rings. The zero-order chi connectivity index (χ0) is 14.5. The van der Waals surface area contributed by atoms with E-state index in [1.54, 1.807) is 0 Å². The standard InChI is InChI=1S/C16H28N4/c1-5-8-17-15-12(3)16(20-13(4)19-15)18-10-14-7-6-11(2)9-14/h11,14H,5-10H2,1-4H3,(H2,17,18,19,20). The van der Waals surface area contributed by atoms with Crippen molar-refractivity contribution in [3.63, 3.8) is 0 Å². The molecule has 1 fully saturated rings. The van der Waals surface area contributed by atoms with Crippen LogP contribution in [0.1, 0.15) is 50.9 Å². The predicted molar refractivity (Wildman–Crippen MR) is 85.3 cm³/mol. The third-order valence-electron chi connectivity index (χ3n) is 4.16. The van der Waals surface area contributed by atoms with Gasteiger partial charge < -0.3 is 10.6 Å². The lowest BCUT2D eigenvalue weighted by atomic mass is 10.1. The van der Waals surface area contributed by atoms with Crippen molar-refractivity contribution in [2.45, 2.75) is 53.4 Å². The fourth-order valence-corrected chi connectivity index (χ4v) is 2.97. The zero-order valence-corrected chi connectivity index (χ0v) is 13.3. The second-order valence-corrected chi connectivity index (χ2v) is 6.18. The highest BCUT2D eigenvalue weighted by molar-refractivity contribution is 5.57. The van der Waals surface area contributed by atoms with Gasteiger partial charge in [-0.15, -0.1) is 0 Å². The Labute approximate surface area is 122 Å². The maximum absolute atomic E-state index is 4.56. The van der Waals surface area contributed by atoms with Gasteiger partial charge in [0.2, 0.25) is 0 Å². The van der Waals surface area contributed by atoms with Crippen molar-refractivity contribution < 1.29 is 0 Å². The van der Waals surface area contributed by atoms with Crippen LogP contribution in [0.15, 0.2) is 0 Å². The number of rotatable bonds is 6. The molecule has 112 valence electrons. The second-order valence-electron chi connectivity index (χ2n) is 6.18. The molecule has 2 unspecified atom stereocenters. The first-order valence-electron chi connectivity index (χ1n) is 7.93. The van der Waals surface area contributed by atoms with E-state index in [0.717, 1.165) is 54.4 Å². The maximum atomic E-state index is 4.56. The Morgan fingerprint density at radius 1 is 1.10 bits per heavy atom. The minimum Gasteiger partial charge on any atom is -0.370 e. The van der Waals surface area contributed by atoms with E-state index in [1.165, 1.54) is 19.3 Å². The van der Waals surface area contributed by atoms with E-state index in [2.05, 4.69) is 41.4 Å². The van der Waals surface area contributed by atoms with Crippen LogP contribution in [-0.4, -0.2) is 23.1 Å². The van der Waals surface area contributed by atoms with E-state index in [0.29, 0.717) is 0 Å². The van der Waals surface area contributed by atoms with Gasteiger partial charge in [0.1, 0.15) is 17.5 Å². The van der Waals surface area contributed by atoms with Crippen LogP contribution in [0.2, 0.25) is 0 Å². The molecule has 1 aromatic heterocycles. The number of nitrogens with one attached hydrogen (secondary N) is 2. The Morgan fingerprint density at radius 3 is 2.40 bits per heavy atom. The third-order valence-corrected chi connectivity index (χ3v) is 4.16. The van der Waals surface area contributed by atoms with Crippen LogP contribution in [0.5, 0.6) is 0 Å². The Hall–Kier alpha value is -1.32.